The molecule has 0 aliphatic heterocycles. The number of carbonyl (C=O) groups excluding carboxylic acids is 2. The first-order chi connectivity index (χ1) is 26.0. The zero-order valence-corrected chi connectivity index (χ0v) is 36.8. The van der Waals surface area contributed by atoms with Crippen LogP contribution in [0.4, 0.5) is 0 Å². The van der Waals surface area contributed by atoms with Gasteiger partial charge in [-0.2, -0.15) is 11.8 Å². The van der Waals surface area contributed by atoms with Gasteiger partial charge in [0.2, 0.25) is 0 Å². The summed E-state index contributed by atoms with van der Waals surface area (Å²) < 4.78 is 11.7. The Kier molecular flexibility index (Phi) is 41.7. The topological polar surface area (TPSA) is 76.1 Å². The third-order valence-electron chi connectivity index (χ3n) is 10.6. The van der Waals surface area contributed by atoms with Crippen molar-refractivity contribution in [3.05, 3.63) is 0 Å². The molecule has 6 nitrogen and oxygen atoms in total. The molecule has 0 aliphatic carbocycles. The second kappa shape index (κ2) is 42.4. The number of carbonyl (C=O) groups is 2. The van der Waals surface area contributed by atoms with Gasteiger partial charge in [-0.1, -0.05) is 150 Å². The van der Waals surface area contributed by atoms with Gasteiger partial charge in [0, 0.05) is 18.7 Å². The summed E-state index contributed by atoms with van der Waals surface area (Å²) in [5.74, 6) is 2.08. The van der Waals surface area contributed by atoms with Crippen molar-refractivity contribution >= 4 is 23.7 Å². The smallest absolute Gasteiger partial charge is 0.309 e. The fraction of sp³-hybridized carbons (Fsp3) is 0.957. The molecule has 0 aromatic carbocycles. The Labute approximate surface area is 334 Å². The van der Waals surface area contributed by atoms with Crippen LogP contribution in [0.25, 0.3) is 0 Å². The summed E-state index contributed by atoms with van der Waals surface area (Å²) in [5.41, 5.74) is 0. The number of aliphatic hydroxyl groups excluding tert-OH is 1. The van der Waals surface area contributed by atoms with E-state index in [1.54, 1.807) is 0 Å². The third kappa shape index (κ3) is 36.6. The summed E-state index contributed by atoms with van der Waals surface area (Å²) in [5, 5.41) is 9.59. The van der Waals surface area contributed by atoms with Crippen LogP contribution in [0.5, 0.6) is 0 Å². The van der Waals surface area contributed by atoms with E-state index in [1.807, 2.05) is 11.8 Å². The number of hydrogen-bond donors (Lipinski definition) is 1. The van der Waals surface area contributed by atoms with E-state index < -0.39 is 0 Å². The summed E-state index contributed by atoms with van der Waals surface area (Å²) in [4.78, 5) is 27.8. The van der Waals surface area contributed by atoms with Crippen LogP contribution in [-0.4, -0.2) is 72.4 Å². The molecule has 7 heteroatoms. The van der Waals surface area contributed by atoms with Gasteiger partial charge in [0.1, 0.15) is 6.10 Å². The van der Waals surface area contributed by atoms with Crippen molar-refractivity contribution in [3.63, 3.8) is 0 Å². The molecule has 0 aliphatic rings. The number of thioether (sulfide) groups is 1. The van der Waals surface area contributed by atoms with Crippen molar-refractivity contribution in [3.8, 4) is 0 Å². The molecule has 0 heterocycles. The molecule has 0 radical (unpaired) electrons. The van der Waals surface area contributed by atoms with E-state index in [2.05, 4.69) is 32.6 Å². The van der Waals surface area contributed by atoms with E-state index in [0.717, 1.165) is 102 Å². The van der Waals surface area contributed by atoms with E-state index in [-0.39, 0.29) is 30.6 Å². The number of rotatable bonds is 43. The summed E-state index contributed by atoms with van der Waals surface area (Å²) in [7, 11) is 0. The van der Waals surface area contributed by atoms with E-state index in [1.165, 1.54) is 116 Å². The quantitative estimate of drug-likeness (QED) is 0.0489. The van der Waals surface area contributed by atoms with Crippen LogP contribution in [0, 0.1) is 5.92 Å². The second-order valence-electron chi connectivity index (χ2n) is 15.9. The molecular weight excluding hydrogens is 679 g/mol. The molecule has 1 unspecified atom stereocenters. The van der Waals surface area contributed by atoms with Crippen molar-refractivity contribution in [2.24, 2.45) is 5.92 Å². The summed E-state index contributed by atoms with van der Waals surface area (Å²) in [6, 6.07) is 0. The number of hydrogen-bond acceptors (Lipinski definition) is 7. The van der Waals surface area contributed by atoms with Gasteiger partial charge in [0.15, 0.2) is 0 Å². The molecular formula is C46H91NO5S. The number of nitrogens with zero attached hydrogens (tertiary/aromatic N) is 1. The fourth-order valence-electron chi connectivity index (χ4n) is 7.16. The standard InChI is InChI=1S/C46H91NO5S/c1-5-9-12-15-19-25-33-44(34-26-20-16-13-10-6-2)52-45(49)35-27-21-18-22-28-36-47(38-39-48)37-29-24-30-40-51-46(50)43(32-8-4)42-53-41-31-23-17-14-11-7-3/h43-44,48H,5-42H2,1-4H3. The zero-order chi connectivity index (χ0) is 38.9. The van der Waals surface area contributed by atoms with E-state index in [9.17, 15) is 14.7 Å². The molecule has 0 rings (SSSR count). The molecule has 0 aromatic rings. The molecule has 316 valence electrons. The fourth-order valence-corrected chi connectivity index (χ4v) is 8.32. The van der Waals surface area contributed by atoms with Gasteiger partial charge in [-0.15, -0.1) is 0 Å². The summed E-state index contributed by atoms with van der Waals surface area (Å²) in [6.45, 7) is 12.3. The van der Waals surface area contributed by atoms with Crippen LogP contribution >= 0.6 is 11.8 Å². The Morgan fingerprint density at radius 2 is 1.04 bits per heavy atom. The number of esters is 2. The van der Waals surface area contributed by atoms with E-state index in [0.29, 0.717) is 19.6 Å². The highest BCUT2D eigenvalue weighted by atomic mass is 32.2. The predicted octanol–water partition coefficient (Wildman–Crippen LogP) is 13.3. The maximum atomic E-state index is 12.7. The number of unbranched alkanes of at least 4 members (excludes halogenated alkanes) is 21. The number of ether oxygens (including phenoxy) is 2. The average Bonchev–Trinajstić information content (AvgIpc) is 3.15. The molecule has 53 heavy (non-hydrogen) atoms. The Morgan fingerprint density at radius 3 is 1.58 bits per heavy atom. The minimum atomic E-state index is -0.00251. The molecule has 0 aromatic heterocycles. The lowest BCUT2D eigenvalue weighted by Crippen LogP contribution is -2.29. The van der Waals surface area contributed by atoms with Crippen LogP contribution in [0.3, 0.4) is 0 Å². The lowest BCUT2D eigenvalue weighted by Gasteiger charge is -2.21. The largest absolute Gasteiger partial charge is 0.465 e. The van der Waals surface area contributed by atoms with Crippen LogP contribution in [0.1, 0.15) is 227 Å². The maximum absolute atomic E-state index is 12.7. The highest BCUT2D eigenvalue weighted by Crippen LogP contribution is 2.20. The first-order valence-corrected chi connectivity index (χ1v) is 24.4. The second-order valence-corrected chi connectivity index (χ2v) is 17.0. The maximum Gasteiger partial charge on any atom is 0.309 e. The highest BCUT2D eigenvalue weighted by Gasteiger charge is 2.19. The Balaban J connectivity index is 4.13. The normalized spacial score (nSPS) is 12.2. The van der Waals surface area contributed by atoms with Gasteiger partial charge in [0.25, 0.3) is 0 Å². The predicted molar refractivity (Wildman–Crippen MR) is 231 cm³/mol. The van der Waals surface area contributed by atoms with Crippen LogP contribution in [0.2, 0.25) is 0 Å². The average molecular weight is 770 g/mol. The van der Waals surface area contributed by atoms with Gasteiger partial charge in [-0.3, -0.25) is 9.59 Å². The molecule has 0 amide bonds. The minimum Gasteiger partial charge on any atom is -0.465 e. The molecule has 0 spiro atoms. The first-order valence-electron chi connectivity index (χ1n) is 23.3. The molecule has 1 N–H and O–H groups in total. The number of aliphatic hydroxyl groups is 1. The van der Waals surface area contributed by atoms with Crippen molar-refractivity contribution in [1.82, 2.24) is 4.90 Å². The van der Waals surface area contributed by atoms with Crippen LogP contribution < -0.4 is 0 Å². The first kappa shape index (κ1) is 52.2. The van der Waals surface area contributed by atoms with Gasteiger partial charge in [0.05, 0.1) is 19.1 Å². The molecule has 0 fully saturated rings. The van der Waals surface area contributed by atoms with E-state index >= 15 is 0 Å². The zero-order valence-electron chi connectivity index (χ0n) is 36.0. The van der Waals surface area contributed by atoms with Gasteiger partial charge in [-0.05, 0) is 89.5 Å². The molecule has 0 saturated heterocycles. The van der Waals surface area contributed by atoms with Gasteiger partial charge in [-0.25, -0.2) is 0 Å². The van der Waals surface area contributed by atoms with Crippen molar-refractivity contribution in [2.45, 2.75) is 233 Å². The summed E-state index contributed by atoms with van der Waals surface area (Å²) >= 11 is 1.93. The van der Waals surface area contributed by atoms with Crippen LogP contribution in [0.15, 0.2) is 0 Å². The van der Waals surface area contributed by atoms with Crippen LogP contribution in [-0.2, 0) is 19.1 Å². The van der Waals surface area contributed by atoms with Gasteiger partial charge < -0.3 is 19.5 Å². The summed E-state index contributed by atoms with van der Waals surface area (Å²) in [6.07, 6.45) is 36.3. The lowest BCUT2D eigenvalue weighted by atomic mass is 10.0. The monoisotopic (exact) mass is 770 g/mol. The highest BCUT2D eigenvalue weighted by molar-refractivity contribution is 7.99. The SMILES string of the molecule is CCCCCCCCSCC(CCC)C(=O)OCCCCCN(CCO)CCCCCCCC(=O)OC(CCCCCCCC)CCCCCCCC. The minimum absolute atomic E-state index is 0.00251. The van der Waals surface area contributed by atoms with E-state index in [4.69, 9.17) is 9.47 Å². The molecule has 1 atom stereocenters. The van der Waals surface area contributed by atoms with Gasteiger partial charge >= 0.3 is 11.9 Å². The third-order valence-corrected chi connectivity index (χ3v) is 11.8. The van der Waals surface area contributed by atoms with Crippen molar-refractivity contribution in [1.29, 1.82) is 0 Å². The Hall–Kier alpha value is -0.790. The lowest BCUT2D eigenvalue weighted by molar-refractivity contribution is -0.150. The Morgan fingerprint density at radius 1 is 0.547 bits per heavy atom. The Bertz CT molecular complexity index is 752. The van der Waals surface area contributed by atoms with Crippen molar-refractivity contribution < 1.29 is 24.2 Å². The molecule has 0 bridgehead atoms. The van der Waals surface area contributed by atoms with Crippen molar-refractivity contribution in [2.75, 3.05) is 44.4 Å². The molecule has 0 saturated carbocycles.